The van der Waals surface area contributed by atoms with E-state index in [2.05, 4.69) is 16.5 Å². The van der Waals surface area contributed by atoms with Crippen LogP contribution >= 0.6 is 0 Å². The molecular weight excluding hydrogens is 216 g/mol. The van der Waals surface area contributed by atoms with Crippen molar-refractivity contribution in [2.24, 2.45) is 0 Å². The molecule has 0 amide bonds. The number of hydrogen-bond acceptors (Lipinski definition) is 2. The minimum atomic E-state index is -0.919. The van der Waals surface area contributed by atoms with Gasteiger partial charge in [0.25, 0.3) is 0 Å². The summed E-state index contributed by atoms with van der Waals surface area (Å²) in [5, 5.41) is 8.36. The summed E-state index contributed by atoms with van der Waals surface area (Å²) >= 11 is 0. The average molecular weight is 230 g/mol. The standard InChI is InChI=1S/C7H9N.C6H5NO2/c1-2-4-7-5-3-6-8-7;8-6(9)5-1-3-7-4-2-5/h2-3,5-6,8H,1,4H2;1-4H,(H,8,9). The molecule has 2 heterocycles. The number of allylic oxidation sites excluding steroid dienone is 1. The van der Waals surface area contributed by atoms with Gasteiger partial charge in [0.05, 0.1) is 5.56 Å². The number of nitrogens with zero attached hydrogens (tertiary/aromatic N) is 1. The molecule has 0 unspecified atom stereocenters. The van der Waals surface area contributed by atoms with Crippen LogP contribution in [0.15, 0.2) is 55.5 Å². The first-order valence-corrected chi connectivity index (χ1v) is 5.10. The zero-order valence-electron chi connectivity index (χ0n) is 9.34. The molecule has 0 fully saturated rings. The van der Waals surface area contributed by atoms with Gasteiger partial charge in [0, 0.05) is 30.7 Å². The Morgan fingerprint density at radius 1 is 1.41 bits per heavy atom. The Balaban J connectivity index is 0.000000171. The molecule has 0 saturated heterocycles. The topological polar surface area (TPSA) is 66.0 Å². The highest BCUT2D eigenvalue weighted by molar-refractivity contribution is 5.87. The maximum atomic E-state index is 10.2. The first-order chi connectivity index (χ1) is 8.24. The molecule has 17 heavy (non-hydrogen) atoms. The summed E-state index contributed by atoms with van der Waals surface area (Å²) in [6.07, 6.45) is 7.63. The minimum absolute atomic E-state index is 0.269. The molecule has 2 aromatic rings. The van der Waals surface area contributed by atoms with Crippen molar-refractivity contribution < 1.29 is 9.90 Å². The molecule has 0 atom stereocenters. The maximum Gasteiger partial charge on any atom is 0.335 e. The van der Waals surface area contributed by atoms with Crippen LogP contribution in [0, 0.1) is 0 Å². The van der Waals surface area contributed by atoms with Crippen LogP contribution in [0.25, 0.3) is 0 Å². The first-order valence-electron chi connectivity index (χ1n) is 5.10. The van der Waals surface area contributed by atoms with Gasteiger partial charge in [-0.25, -0.2) is 4.79 Å². The second kappa shape index (κ2) is 7.00. The third kappa shape index (κ3) is 4.79. The molecule has 0 aromatic carbocycles. The lowest BCUT2D eigenvalue weighted by atomic mass is 10.3. The Kier molecular flexibility index (Phi) is 5.24. The van der Waals surface area contributed by atoms with Crippen LogP contribution in [0.2, 0.25) is 0 Å². The molecule has 0 aliphatic heterocycles. The predicted molar refractivity (Wildman–Crippen MR) is 65.9 cm³/mol. The van der Waals surface area contributed by atoms with Gasteiger partial charge in [-0.1, -0.05) is 6.08 Å². The van der Waals surface area contributed by atoms with Gasteiger partial charge < -0.3 is 10.1 Å². The quantitative estimate of drug-likeness (QED) is 0.796. The van der Waals surface area contributed by atoms with Gasteiger partial charge in [0.15, 0.2) is 0 Å². The van der Waals surface area contributed by atoms with Crippen LogP contribution in [-0.4, -0.2) is 21.0 Å². The number of nitrogens with one attached hydrogen (secondary N) is 1. The number of carbonyl (C=O) groups is 1. The zero-order chi connectivity index (χ0) is 12.5. The van der Waals surface area contributed by atoms with E-state index in [0.717, 1.165) is 6.42 Å². The Bertz CT molecular complexity index is 450. The number of carboxylic acids is 1. The van der Waals surface area contributed by atoms with Gasteiger partial charge in [0.1, 0.15) is 0 Å². The van der Waals surface area contributed by atoms with Gasteiger partial charge in [-0.3, -0.25) is 4.98 Å². The second-order valence-corrected chi connectivity index (χ2v) is 3.23. The smallest absolute Gasteiger partial charge is 0.335 e. The van der Waals surface area contributed by atoms with Gasteiger partial charge in [0.2, 0.25) is 0 Å². The van der Waals surface area contributed by atoms with Crippen molar-refractivity contribution in [3.05, 3.63) is 66.8 Å². The summed E-state index contributed by atoms with van der Waals surface area (Å²) in [5.74, 6) is -0.919. The van der Waals surface area contributed by atoms with Crippen molar-refractivity contribution in [3.63, 3.8) is 0 Å². The fraction of sp³-hybridized carbons (Fsp3) is 0.0769. The molecule has 2 aromatic heterocycles. The van der Waals surface area contributed by atoms with E-state index in [1.54, 1.807) is 0 Å². The van der Waals surface area contributed by atoms with E-state index in [9.17, 15) is 4.79 Å². The number of carboxylic acid groups (broad SMARTS) is 1. The number of pyridine rings is 1. The van der Waals surface area contributed by atoms with Crippen LogP contribution < -0.4 is 0 Å². The van der Waals surface area contributed by atoms with E-state index in [1.165, 1.54) is 30.2 Å². The van der Waals surface area contributed by atoms with Crippen molar-refractivity contribution in [2.75, 3.05) is 0 Å². The maximum absolute atomic E-state index is 10.2. The highest BCUT2D eigenvalue weighted by Crippen LogP contribution is 1.94. The Hall–Kier alpha value is -2.36. The summed E-state index contributed by atoms with van der Waals surface area (Å²) in [6, 6.07) is 6.92. The van der Waals surface area contributed by atoms with Gasteiger partial charge in [-0.15, -0.1) is 6.58 Å². The van der Waals surface area contributed by atoms with Crippen molar-refractivity contribution in [2.45, 2.75) is 6.42 Å². The van der Waals surface area contributed by atoms with Gasteiger partial charge >= 0.3 is 5.97 Å². The van der Waals surface area contributed by atoms with Gasteiger partial charge in [-0.05, 0) is 24.3 Å². The largest absolute Gasteiger partial charge is 0.478 e. The zero-order valence-corrected chi connectivity index (χ0v) is 9.34. The van der Waals surface area contributed by atoms with E-state index in [-0.39, 0.29) is 5.56 Å². The summed E-state index contributed by atoms with van der Waals surface area (Å²) in [5.41, 5.74) is 1.49. The van der Waals surface area contributed by atoms with Crippen molar-refractivity contribution in [3.8, 4) is 0 Å². The summed E-state index contributed by atoms with van der Waals surface area (Å²) in [7, 11) is 0. The van der Waals surface area contributed by atoms with Crippen LogP contribution in [0.5, 0.6) is 0 Å². The number of aromatic carboxylic acids is 1. The number of rotatable bonds is 3. The normalized spacial score (nSPS) is 8.94. The molecule has 0 aliphatic rings. The SMILES string of the molecule is C=CCc1ccc[nH]1.O=C(O)c1ccncc1. The monoisotopic (exact) mass is 230 g/mol. The van der Waals surface area contributed by atoms with Crippen LogP contribution in [0.3, 0.4) is 0 Å². The van der Waals surface area contributed by atoms with Gasteiger partial charge in [-0.2, -0.15) is 0 Å². The first kappa shape index (κ1) is 12.7. The summed E-state index contributed by atoms with van der Waals surface area (Å²) in [6.45, 7) is 3.62. The van der Waals surface area contributed by atoms with Crippen LogP contribution in [0.1, 0.15) is 16.1 Å². The third-order valence-electron chi connectivity index (χ3n) is 1.95. The summed E-state index contributed by atoms with van der Waals surface area (Å²) in [4.78, 5) is 16.9. The Morgan fingerprint density at radius 3 is 2.53 bits per heavy atom. The lowest BCUT2D eigenvalue weighted by Gasteiger charge is -1.87. The number of hydrogen-bond donors (Lipinski definition) is 2. The molecular formula is C13H14N2O2. The molecule has 4 heteroatoms. The molecule has 2 rings (SSSR count). The molecule has 0 aliphatic carbocycles. The highest BCUT2D eigenvalue weighted by Gasteiger charge is 1.97. The molecule has 2 N–H and O–H groups in total. The number of aromatic amines is 1. The fourth-order valence-electron chi connectivity index (χ4n) is 1.14. The molecule has 0 spiro atoms. The molecule has 0 saturated carbocycles. The number of aromatic nitrogens is 2. The Morgan fingerprint density at radius 2 is 2.12 bits per heavy atom. The Labute approximate surface area is 99.6 Å². The van der Waals surface area contributed by atoms with E-state index < -0.39 is 5.97 Å². The summed E-state index contributed by atoms with van der Waals surface area (Å²) < 4.78 is 0. The number of H-pyrrole nitrogens is 1. The third-order valence-corrected chi connectivity index (χ3v) is 1.95. The predicted octanol–water partition coefficient (Wildman–Crippen LogP) is 2.52. The lowest BCUT2D eigenvalue weighted by Crippen LogP contribution is -1.94. The van der Waals surface area contributed by atoms with Crippen LogP contribution in [-0.2, 0) is 6.42 Å². The van der Waals surface area contributed by atoms with E-state index in [1.807, 2.05) is 24.4 Å². The molecule has 0 bridgehead atoms. The van der Waals surface area contributed by atoms with E-state index in [4.69, 9.17) is 5.11 Å². The second-order valence-electron chi connectivity index (χ2n) is 3.23. The van der Waals surface area contributed by atoms with Crippen molar-refractivity contribution >= 4 is 5.97 Å². The molecule has 4 nitrogen and oxygen atoms in total. The van der Waals surface area contributed by atoms with Crippen molar-refractivity contribution in [1.82, 2.24) is 9.97 Å². The average Bonchev–Trinajstić information content (AvgIpc) is 2.84. The fourth-order valence-corrected chi connectivity index (χ4v) is 1.14. The minimum Gasteiger partial charge on any atom is -0.478 e. The van der Waals surface area contributed by atoms with E-state index in [0.29, 0.717) is 0 Å². The molecule has 0 radical (unpaired) electrons. The highest BCUT2D eigenvalue weighted by atomic mass is 16.4. The molecule has 88 valence electrons. The van der Waals surface area contributed by atoms with E-state index >= 15 is 0 Å². The van der Waals surface area contributed by atoms with Crippen LogP contribution in [0.4, 0.5) is 0 Å². The lowest BCUT2D eigenvalue weighted by molar-refractivity contribution is 0.0697. The van der Waals surface area contributed by atoms with Crippen molar-refractivity contribution in [1.29, 1.82) is 0 Å².